The summed E-state index contributed by atoms with van der Waals surface area (Å²) in [5.74, 6) is 2.66. The van der Waals surface area contributed by atoms with Gasteiger partial charge in [-0.3, -0.25) is 0 Å². The summed E-state index contributed by atoms with van der Waals surface area (Å²) < 4.78 is 0. The molecule has 19 heavy (non-hydrogen) atoms. The molecule has 1 aliphatic rings. The molecule has 2 rings (SSSR count). The summed E-state index contributed by atoms with van der Waals surface area (Å²) in [6.07, 6.45) is 3.81. The monoisotopic (exact) mass is 315 g/mol. The third kappa shape index (κ3) is 4.69. The van der Waals surface area contributed by atoms with E-state index in [1.807, 2.05) is 11.3 Å². The predicted molar refractivity (Wildman–Crippen MR) is 92.9 cm³/mol. The topological polar surface area (TPSA) is 12.0 Å². The largest absolute Gasteiger partial charge is 0.313 e. The smallest absolute Gasteiger partial charge is 0.0320 e. The minimum absolute atomic E-state index is 0.674. The molecule has 2 heterocycles. The van der Waals surface area contributed by atoms with Gasteiger partial charge < -0.3 is 5.32 Å². The number of thioether (sulfide) groups is 2. The summed E-state index contributed by atoms with van der Waals surface area (Å²) in [5.41, 5.74) is 1.51. The molecule has 0 saturated carbocycles. The van der Waals surface area contributed by atoms with Crippen LogP contribution in [0.5, 0.6) is 0 Å². The van der Waals surface area contributed by atoms with Crippen LogP contribution in [0.2, 0.25) is 0 Å². The second kappa shape index (κ2) is 8.60. The summed E-state index contributed by atoms with van der Waals surface area (Å²) in [6.45, 7) is 5.67. The van der Waals surface area contributed by atoms with Crippen LogP contribution in [-0.4, -0.2) is 34.6 Å². The van der Waals surface area contributed by atoms with Crippen LogP contribution in [0.25, 0.3) is 0 Å². The van der Waals surface area contributed by atoms with Gasteiger partial charge in [0.1, 0.15) is 0 Å². The molecule has 1 saturated heterocycles. The van der Waals surface area contributed by atoms with Gasteiger partial charge in [0.15, 0.2) is 0 Å². The molecule has 0 amide bonds. The predicted octanol–water partition coefficient (Wildman–Crippen LogP) is 4.29. The maximum atomic E-state index is 3.75. The molecule has 1 nitrogen and oxygen atoms in total. The lowest BCUT2D eigenvalue weighted by Crippen LogP contribution is -2.45. The Balaban J connectivity index is 1.93. The van der Waals surface area contributed by atoms with E-state index < -0.39 is 0 Å². The van der Waals surface area contributed by atoms with Crippen molar-refractivity contribution in [3.8, 4) is 0 Å². The number of aryl methyl sites for hydroxylation is 1. The summed E-state index contributed by atoms with van der Waals surface area (Å²) in [4.78, 5) is 0. The van der Waals surface area contributed by atoms with E-state index >= 15 is 0 Å². The van der Waals surface area contributed by atoms with Crippen molar-refractivity contribution in [1.29, 1.82) is 0 Å². The van der Waals surface area contributed by atoms with Gasteiger partial charge in [-0.2, -0.15) is 34.9 Å². The van der Waals surface area contributed by atoms with Gasteiger partial charge in [-0.15, -0.1) is 0 Å². The van der Waals surface area contributed by atoms with Crippen molar-refractivity contribution >= 4 is 34.9 Å². The van der Waals surface area contributed by atoms with Gasteiger partial charge >= 0.3 is 0 Å². The van der Waals surface area contributed by atoms with Crippen molar-refractivity contribution in [2.75, 3.05) is 18.1 Å². The quantitative estimate of drug-likeness (QED) is 0.806. The number of hydrogen-bond acceptors (Lipinski definition) is 4. The average Bonchev–Trinajstić information content (AvgIpc) is 2.96. The van der Waals surface area contributed by atoms with E-state index in [1.54, 1.807) is 0 Å². The Labute approximate surface area is 130 Å². The van der Waals surface area contributed by atoms with E-state index in [9.17, 15) is 0 Å². The zero-order chi connectivity index (χ0) is 13.5. The second-order valence-electron chi connectivity index (χ2n) is 4.99. The molecule has 0 aromatic carbocycles. The molecule has 0 spiro atoms. The van der Waals surface area contributed by atoms with E-state index in [0.29, 0.717) is 6.04 Å². The fourth-order valence-corrected chi connectivity index (χ4v) is 6.72. The molecule has 0 radical (unpaired) electrons. The molecule has 3 atom stereocenters. The van der Waals surface area contributed by atoms with Crippen molar-refractivity contribution in [3.05, 3.63) is 22.4 Å². The molecule has 1 aromatic heterocycles. The van der Waals surface area contributed by atoms with E-state index in [4.69, 9.17) is 0 Å². The minimum Gasteiger partial charge on any atom is -0.313 e. The first-order valence-corrected chi connectivity index (χ1v) is 10.4. The van der Waals surface area contributed by atoms with E-state index in [0.717, 1.165) is 17.0 Å². The first-order chi connectivity index (χ1) is 9.35. The Bertz CT molecular complexity index is 339. The van der Waals surface area contributed by atoms with Crippen LogP contribution in [0.1, 0.15) is 32.3 Å². The van der Waals surface area contributed by atoms with Crippen LogP contribution in [0.15, 0.2) is 16.8 Å². The van der Waals surface area contributed by atoms with Crippen molar-refractivity contribution < 1.29 is 0 Å². The van der Waals surface area contributed by atoms with E-state index in [2.05, 4.69) is 59.5 Å². The highest BCUT2D eigenvalue weighted by molar-refractivity contribution is 8.07. The molecule has 1 N–H and O–H groups in total. The van der Waals surface area contributed by atoms with E-state index in [-0.39, 0.29) is 0 Å². The first kappa shape index (κ1) is 15.7. The van der Waals surface area contributed by atoms with Crippen LogP contribution in [-0.2, 0) is 6.42 Å². The molecular formula is C15H25NS3. The molecule has 1 aliphatic heterocycles. The van der Waals surface area contributed by atoms with Crippen LogP contribution < -0.4 is 5.32 Å². The third-order valence-corrected chi connectivity index (χ3v) is 7.82. The van der Waals surface area contributed by atoms with Gasteiger partial charge in [-0.25, -0.2) is 0 Å². The summed E-state index contributed by atoms with van der Waals surface area (Å²) in [5, 5.41) is 9.87. The summed E-state index contributed by atoms with van der Waals surface area (Å²) in [6, 6.07) is 2.95. The first-order valence-electron chi connectivity index (χ1n) is 7.32. The van der Waals surface area contributed by atoms with Gasteiger partial charge in [0.2, 0.25) is 0 Å². The number of hydrogen-bond donors (Lipinski definition) is 1. The average molecular weight is 316 g/mol. The molecular weight excluding hydrogens is 290 g/mol. The maximum absolute atomic E-state index is 3.75. The lowest BCUT2D eigenvalue weighted by atomic mass is 10.0. The Morgan fingerprint density at radius 3 is 2.84 bits per heavy atom. The highest BCUT2D eigenvalue weighted by Crippen LogP contribution is 2.36. The highest BCUT2D eigenvalue weighted by Gasteiger charge is 2.31. The standard InChI is InChI=1S/C15H25NS3/c1-3-14-15(19-10-9-18-14)13(16-4-2)6-5-12-7-8-17-11-12/h7-8,11,13-16H,3-6,9-10H2,1-2H3. The number of thiophene rings is 1. The molecule has 4 heteroatoms. The van der Waals surface area contributed by atoms with E-state index in [1.165, 1.54) is 36.3 Å². The van der Waals surface area contributed by atoms with Crippen LogP contribution >= 0.6 is 34.9 Å². The van der Waals surface area contributed by atoms with Crippen molar-refractivity contribution in [2.45, 2.75) is 49.7 Å². The molecule has 0 aliphatic carbocycles. The number of rotatable bonds is 7. The van der Waals surface area contributed by atoms with Crippen LogP contribution in [0, 0.1) is 0 Å². The minimum atomic E-state index is 0.674. The summed E-state index contributed by atoms with van der Waals surface area (Å²) >= 11 is 6.21. The Morgan fingerprint density at radius 2 is 2.16 bits per heavy atom. The van der Waals surface area contributed by atoms with Crippen LogP contribution in [0.4, 0.5) is 0 Å². The Kier molecular flexibility index (Phi) is 7.13. The summed E-state index contributed by atoms with van der Waals surface area (Å²) in [7, 11) is 0. The van der Waals surface area contributed by atoms with Crippen molar-refractivity contribution in [2.24, 2.45) is 0 Å². The second-order valence-corrected chi connectivity index (χ2v) is 8.40. The maximum Gasteiger partial charge on any atom is 0.0320 e. The van der Waals surface area contributed by atoms with Gasteiger partial charge in [-0.05, 0) is 48.2 Å². The SMILES string of the molecule is CCNC(CCc1ccsc1)C1SCCSC1CC. The van der Waals surface area contributed by atoms with Gasteiger partial charge in [0.05, 0.1) is 0 Å². The lowest BCUT2D eigenvalue weighted by molar-refractivity contribution is 0.465. The van der Waals surface area contributed by atoms with Crippen molar-refractivity contribution in [3.63, 3.8) is 0 Å². The Hall–Kier alpha value is 0.360. The molecule has 1 fully saturated rings. The zero-order valence-corrected chi connectivity index (χ0v) is 14.4. The van der Waals surface area contributed by atoms with Gasteiger partial charge in [-0.1, -0.05) is 13.8 Å². The fraction of sp³-hybridized carbons (Fsp3) is 0.733. The molecule has 0 bridgehead atoms. The van der Waals surface area contributed by atoms with Crippen molar-refractivity contribution in [1.82, 2.24) is 5.32 Å². The van der Waals surface area contributed by atoms with Crippen LogP contribution in [0.3, 0.4) is 0 Å². The third-order valence-electron chi connectivity index (χ3n) is 3.68. The van der Waals surface area contributed by atoms with Gasteiger partial charge in [0.25, 0.3) is 0 Å². The normalized spacial score (nSPS) is 25.4. The fourth-order valence-electron chi connectivity index (χ4n) is 2.71. The molecule has 3 unspecified atom stereocenters. The highest BCUT2D eigenvalue weighted by atomic mass is 32.2. The zero-order valence-electron chi connectivity index (χ0n) is 11.9. The Morgan fingerprint density at radius 1 is 1.32 bits per heavy atom. The van der Waals surface area contributed by atoms with Gasteiger partial charge in [0, 0.05) is 28.0 Å². The lowest BCUT2D eigenvalue weighted by Gasteiger charge is -2.36. The molecule has 108 valence electrons. The molecule has 1 aromatic rings. The number of nitrogens with one attached hydrogen (secondary N) is 1.